The molecule has 0 amide bonds. The van der Waals surface area contributed by atoms with Gasteiger partial charge in [-0.3, -0.25) is 4.79 Å². The lowest BCUT2D eigenvalue weighted by atomic mass is 10.1. The van der Waals surface area contributed by atoms with E-state index in [4.69, 9.17) is 5.11 Å². The van der Waals surface area contributed by atoms with Gasteiger partial charge in [0.15, 0.2) is 0 Å². The number of pyridine rings is 1. The summed E-state index contributed by atoms with van der Waals surface area (Å²) in [6, 6.07) is 10.3. The third-order valence-corrected chi connectivity index (χ3v) is 3.38. The lowest BCUT2D eigenvalue weighted by molar-refractivity contribution is 0.0696. The zero-order valence-corrected chi connectivity index (χ0v) is 10.8. The van der Waals surface area contributed by atoms with Gasteiger partial charge in [-0.05, 0) is 12.1 Å². The maximum Gasteiger partial charge on any atom is 0.335 e. The van der Waals surface area contributed by atoms with Crippen molar-refractivity contribution in [3.05, 3.63) is 58.5 Å². The average Bonchev–Trinajstić information content (AvgIpc) is 2.85. The highest BCUT2D eigenvalue weighted by atomic mass is 16.4. The molecule has 0 aliphatic carbocycles. The predicted octanol–water partition coefficient (Wildman–Crippen LogP) is 2.23. The van der Waals surface area contributed by atoms with E-state index < -0.39 is 5.97 Å². The molecule has 5 nitrogen and oxygen atoms in total. The van der Waals surface area contributed by atoms with Gasteiger partial charge in [-0.1, -0.05) is 18.2 Å². The molecule has 0 unspecified atom stereocenters. The number of nitrogens with one attached hydrogen (secondary N) is 1. The lowest BCUT2D eigenvalue weighted by Gasteiger charge is -2.08. The number of benzene rings is 1. The molecule has 100 valence electrons. The molecular weight excluding hydrogens is 256 g/mol. The molecule has 3 rings (SSSR count). The van der Waals surface area contributed by atoms with Crippen molar-refractivity contribution in [1.82, 2.24) is 9.55 Å². The van der Waals surface area contributed by atoms with E-state index in [1.807, 2.05) is 24.3 Å². The van der Waals surface area contributed by atoms with Crippen LogP contribution >= 0.6 is 0 Å². The van der Waals surface area contributed by atoms with Crippen LogP contribution < -0.4 is 5.56 Å². The van der Waals surface area contributed by atoms with Gasteiger partial charge in [-0.2, -0.15) is 0 Å². The van der Waals surface area contributed by atoms with Gasteiger partial charge in [0.25, 0.3) is 5.56 Å². The summed E-state index contributed by atoms with van der Waals surface area (Å²) in [5.41, 5.74) is 1.98. The first-order valence-corrected chi connectivity index (χ1v) is 6.09. The zero-order chi connectivity index (χ0) is 14.3. The largest absolute Gasteiger partial charge is 0.478 e. The summed E-state index contributed by atoms with van der Waals surface area (Å²) < 4.78 is 1.45. The summed E-state index contributed by atoms with van der Waals surface area (Å²) in [7, 11) is 1.63. The molecule has 0 atom stereocenters. The van der Waals surface area contributed by atoms with Gasteiger partial charge >= 0.3 is 5.97 Å². The standard InChI is InChI=1S/C15H12N2O3/c1-17-13(6-9(15(19)20)7-14(17)18)11-8-16-12-5-3-2-4-10(11)12/h2-8,16H,1H3,(H,19,20). The van der Waals surface area contributed by atoms with E-state index in [9.17, 15) is 9.59 Å². The van der Waals surface area contributed by atoms with Crippen molar-refractivity contribution in [3.8, 4) is 11.3 Å². The van der Waals surface area contributed by atoms with Crippen LogP contribution in [-0.4, -0.2) is 20.6 Å². The fourth-order valence-corrected chi connectivity index (χ4v) is 2.30. The highest BCUT2D eigenvalue weighted by Gasteiger charge is 2.13. The summed E-state index contributed by atoms with van der Waals surface area (Å²) in [5.74, 6) is -1.11. The minimum Gasteiger partial charge on any atom is -0.478 e. The minimum absolute atomic E-state index is 0.00613. The van der Waals surface area contributed by atoms with Crippen LogP contribution in [0.3, 0.4) is 0 Å². The minimum atomic E-state index is -1.11. The Hall–Kier alpha value is -2.82. The van der Waals surface area contributed by atoms with Crippen LogP contribution in [0.15, 0.2) is 47.4 Å². The smallest absolute Gasteiger partial charge is 0.335 e. The van der Waals surface area contributed by atoms with Crippen molar-refractivity contribution in [2.24, 2.45) is 7.05 Å². The number of carbonyl (C=O) groups is 1. The van der Waals surface area contributed by atoms with Crippen LogP contribution in [0.5, 0.6) is 0 Å². The highest BCUT2D eigenvalue weighted by Crippen LogP contribution is 2.27. The van der Waals surface area contributed by atoms with E-state index in [1.54, 1.807) is 13.2 Å². The predicted molar refractivity (Wildman–Crippen MR) is 75.9 cm³/mol. The number of aromatic amines is 1. The number of H-pyrrole nitrogens is 1. The number of carboxylic acids is 1. The molecular formula is C15H12N2O3. The van der Waals surface area contributed by atoms with Crippen molar-refractivity contribution < 1.29 is 9.90 Å². The number of fused-ring (bicyclic) bond motifs is 1. The molecule has 0 aliphatic rings. The van der Waals surface area contributed by atoms with E-state index in [1.165, 1.54) is 10.6 Å². The Kier molecular flexibility index (Phi) is 2.68. The summed E-state index contributed by atoms with van der Waals surface area (Å²) in [5, 5.41) is 10.0. The molecule has 2 heterocycles. The van der Waals surface area contributed by atoms with Crippen molar-refractivity contribution in [2.75, 3.05) is 0 Å². The molecule has 20 heavy (non-hydrogen) atoms. The number of hydrogen-bond acceptors (Lipinski definition) is 2. The maximum atomic E-state index is 11.9. The summed E-state index contributed by atoms with van der Waals surface area (Å²) >= 11 is 0. The van der Waals surface area contributed by atoms with Gasteiger partial charge in [-0.25, -0.2) is 4.79 Å². The number of para-hydroxylation sites is 1. The Morgan fingerprint density at radius 1 is 1.25 bits per heavy atom. The van der Waals surface area contributed by atoms with E-state index in [0.29, 0.717) is 5.69 Å². The Balaban J connectivity index is 2.34. The molecule has 0 saturated carbocycles. The van der Waals surface area contributed by atoms with Gasteiger partial charge < -0.3 is 14.7 Å². The molecule has 0 radical (unpaired) electrons. The summed E-state index contributed by atoms with van der Waals surface area (Å²) in [6.07, 6.45) is 1.78. The number of nitrogens with zero attached hydrogens (tertiary/aromatic N) is 1. The van der Waals surface area contributed by atoms with Gasteiger partial charge in [0.1, 0.15) is 0 Å². The molecule has 0 saturated heterocycles. The average molecular weight is 268 g/mol. The van der Waals surface area contributed by atoms with Crippen molar-refractivity contribution in [2.45, 2.75) is 0 Å². The van der Waals surface area contributed by atoms with Crippen LogP contribution in [0.4, 0.5) is 0 Å². The second kappa shape index (κ2) is 4.38. The third kappa shape index (κ3) is 1.80. The first-order chi connectivity index (χ1) is 9.58. The second-order valence-corrected chi connectivity index (χ2v) is 4.58. The van der Waals surface area contributed by atoms with Gasteiger partial charge in [0, 0.05) is 35.8 Å². The maximum absolute atomic E-state index is 11.9. The number of aromatic nitrogens is 2. The molecule has 1 aromatic carbocycles. The van der Waals surface area contributed by atoms with E-state index in [-0.39, 0.29) is 11.1 Å². The first kappa shape index (κ1) is 12.2. The molecule has 2 N–H and O–H groups in total. The number of aromatic carboxylic acids is 1. The molecule has 0 fully saturated rings. The van der Waals surface area contributed by atoms with Crippen LogP contribution in [-0.2, 0) is 7.05 Å². The van der Waals surface area contributed by atoms with Crippen LogP contribution in [0, 0.1) is 0 Å². The van der Waals surface area contributed by atoms with Gasteiger partial charge in [-0.15, -0.1) is 0 Å². The zero-order valence-electron chi connectivity index (χ0n) is 10.8. The SMILES string of the molecule is Cn1c(-c2c[nH]c3ccccc23)cc(C(=O)O)cc1=O. The van der Waals surface area contributed by atoms with Crippen LogP contribution in [0.2, 0.25) is 0 Å². The van der Waals surface area contributed by atoms with Crippen LogP contribution in [0.1, 0.15) is 10.4 Å². The van der Waals surface area contributed by atoms with E-state index in [0.717, 1.165) is 22.5 Å². The van der Waals surface area contributed by atoms with Gasteiger partial charge in [0.2, 0.25) is 0 Å². The highest BCUT2D eigenvalue weighted by molar-refractivity contribution is 5.96. The fourth-order valence-electron chi connectivity index (χ4n) is 2.30. The van der Waals surface area contributed by atoms with Crippen molar-refractivity contribution in [1.29, 1.82) is 0 Å². The van der Waals surface area contributed by atoms with E-state index in [2.05, 4.69) is 4.98 Å². The normalized spacial score (nSPS) is 10.8. The van der Waals surface area contributed by atoms with Crippen molar-refractivity contribution in [3.63, 3.8) is 0 Å². The number of hydrogen-bond donors (Lipinski definition) is 2. The quantitative estimate of drug-likeness (QED) is 0.748. The fraction of sp³-hybridized carbons (Fsp3) is 0.0667. The molecule has 2 aromatic heterocycles. The first-order valence-electron chi connectivity index (χ1n) is 6.09. The van der Waals surface area contributed by atoms with Crippen LogP contribution in [0.25, 0.3) is 22.2 Å². The topological polar surface area (TPSA) is 75.1 Å². The Morgan fingerprint density at radius 2 is 2.00 bits per heavy atom. The summed E-state index contributed by atoms with van der Waals surface area (Å²) in [6.45, 7) is 0. The monoisotopic (exact) mass is 268 g/mol. The Morgan fingerprint density at radius 3 is 2.75 bits per heavy atom. The molecule has 3 aromatic rings. The summed E-state index contributed by atoms with van der Waals surface area (Å²) in [4.78, 5) is 26.1. The third-order valence-electron chi connectivity index (χ3n) is 3.38. The molecule has 5 heteroatoms. The Labute approximate surface area is 114 Å². The van der Waals surface area contributed by atoms with Crippen molar-refractivity contribution >= 4 is 16.9 Å². The number of carboxylic acid groups (broad SMARTS) is 1. The Bertz CT molecular complexity index is 874. The van der Waals surface area contributed by atoms with Gasteiger partial charge in [0.05, 0.1) is 11.3 Å². The lowest BCUT2D eigenvalue weighted by Crippen LogP contribution is -2.19. The van der Waals surface area contributed by atoms with E-state index >= 15 is 0 Å². The molecule has 0 spiro atoms. The molecule has 0 bridgehead atoms. The molecule has 0 aliphatic heterocycles. The number of rotatable bonds is 2. The second-order valence-electron chi connectivity index (χ2n) is 4.58.